The predicted molar refractivity (Wildman–Crippen MR) is 125 cm³/mol. The molecule has 5 atom stereocenters. The maximum atomic E-state index is 12.1. The highest BCUT2D eigenvalue weighted by atomic mass is 16.5. The van der Waals surface area contributed by atoms with E-state index in [1.54, 1.807) is 0 Å². The maximum Gasteiger partial charge on any atom is 0.257 e. The molecule has 0 bridgehead atoms. The van der Waals surface area contributed by atoms with Gasteiger partial charge in [0.2, 0.25) is 0 Å². The summed E-state index contributed by atoms with van der Waals surface area (Å²) in [4.78, 5) is 12.1. The molecule has 1 amide bonds. The van der Waals surface area contributed by atoms with Gasteiger partial charge >= 0.3 is 0 Å². The second-order valence-electron chi connectivity index (χ2n) is 9.63. The van der Waals surface area contributed by atoms with E-state index >= 15 is 0 Å². The monoisotopic (exact) mass is 447 g/mol. The van der Waals surface area contributed by atoms with Gasteiger partial charge in [0, 0.05) is 18.7 Å². The highest BCUT2D eigenvalue weighted by Gasteiger charge is 2.43. The number of hydrogen-bond acceptors (Lipinski definition) is 5. The Morgan fingerprint density at radius 1 is 1.22 bits per heavy atom. The molecule has 0 heterocycles. The van der Waals surface area contributed by atoms with Crippen LogP contribution in [0.5, 0.6) is 5.75 Å². The van der Waals surface area contributed by atoms with Crippen molar-refractivity contribution < 1.29 is 24.9 Å². The van der Waals surface area contributed by atoms with Gasteiger partial charge in [0.25, 0.3) is 5.91 Å². The van der Waals surface area contributed by atoms with Crippen LogP contribution in [0.2, 0.25) is 0 Å². The lowest BCUT2D eigenvalue weighted by Crippen LogP contribution is -2.31. The first-order valence-electron chi connectivity index (χ1n) is 12.5. The highest BCUT2D eigenvalue weighted by molar-refractivity contribution is 5.77. The van der Waals surface area contributed by atoms with Crippen molar-refractivity contribution in [3.8, 4) is 5.75 Å². The van der Waals surface area contributed by atoms with E-state index in [1.807, 2.05) is 12.1 Å². The molecule has 1 fully saturated rings. The van der Waals surface area contributed by atoms with Crippen LogP contribution in [0, 0.1) is 11.8 Å². The summed E-state index contributed by atoms with van der Waals surface area (Å²) in [6.45, 7) is 2.61. The maximum absolute atomic E-state index is 12.1. The highest BCUT2D eigenvalue weighted by Crippen LogP contribution is 2.52. The topological polar surface area (TPSA) is 99.0 Å². The average Bonchev–Trinajstić information content (AvgIpc) is 3.15. The van der Waals surface area contributed by atoms with Gasteiger partial charge in [-0.2, -0.15) is 0 Å². The molecule has 0 saturated heterocycles. The molecule has 32 heavy (non-hydrogen) atoms. The van der Waals surface area contributed by atoms with Crippen molar-refractivity contribution in [2.75, 3.05) is 19.8 Å². The third-order valence-corrected chi connectivity index (χ3v) is 7.22. The van der Waals surface area contributed by atoms with Gasteiger partial charge in [-0.25, -0.2) is 0 Å². The van der Waals surface area contributed by atoms with Crippen LogP contribution in [-0.4, -0.2) is 53.2 Å². The summed E-state index contributed by atoms with van der Waals surface area (Å²) >= 11 is 0. The number of aliphatic hydroxyl groups is 3. The Kier molecular flexibility index (Phi) is 9.82. The van der Waals surface area contributed by atoms with E-state index < -0.39 is 0 Å². The van der Waals surface area contributed by atoms with Crippen LogP contribution in [-0.2, 0) is 11.2 Å². The number of hydrogen-bond donors (Lipinski definition) is 4. The van der Waals surface area contributed by atoms with Gasteiger partial charge in [-0.15, -0.1) is 0 Å². The molecule has 180 valence electrons. The molecule has 4 N–H and O–H groups in total. The Morgan fingerprint density at radius 3 is 2.84 bits per heavy atom. The smallest absolute Gasteiger partial charge is 0.257 e. The fraction of sp³-hybridized carbons (Fsp3) is 0.731. The summed E-state index contributed by atoms with van der Waals surface area (Å²) in [5.74, 6) is 1.66. The Morgan fingerprint density at radius 2 is 2.06 bits per heavy atom. The molecule has 5 unspecified atom stereocenters. The molecule has 1 aromatic carbocycles. The number of aliphatic hydroxyl groups excluding tert-OH is 3. The normalized spacial score (nSPS) is 25.1. The first-order valence-corrected chi connectivity index (χ1v) is 12.5. The quantitative estimate of drug-likeness (QED) is 0.348. The zero-order valence-electron chi connectivity index (χ0n) is 19.5. The molecular weight excluding hydrogens is 406 g/mol. The predicted octanol–water partition coefficient (Wildman–Crippen LogP) is 3.31. The minimum absolute atomic E-state index is 0.0493. The van der Waals surface area contributed by atoms with Gasteiger partial charge in [0.05, 0.1) is 12.2 Å². The van der Waals surface area contributed by atoms with E-state index in [0.29, 0.717) is 24.8 Å². The SMILES string of the molecule is CCCCCC(O)CCC1c2c(cccc2OCC(=O)NCCCO)CC2CC(O)CC21. The van der Waals surface area contributed by atoms with E-state index in [9.17, 15) is 15.0 Å². The van der Waals surface area contributed by atoms with Crippen LogP contribution in [0.15, 0.2) is 18.2 Å². The lowest BCUT2D eigenvalue weighted by Gasteiger charge is -2.37. The van der Waals surface area contributed by atoms with Gasteiger partial charge in [-0.3, -0.25) is 4.79 Å². The lowest BCUT2D eigenvalue weighted by molar-refractivity contribution is -0.123. The fourth-order valence-corrected chi connectivity index (χ4v) is 5.67. The van der Waals surface area contributed by atoms with Crippen molar-refractivity contribution in [1.82, 2.24) is 5.32 Å². The van der Waals surface area contributed by atoms with Crippen molar-refractivity contribution in [2.24, 2.45) is 11.8 Å². The van der Waals surface area contributed by atoms with Crippen LogP contribution in [0.25, 0.3) is 0 Å². The standard InChI is InChI=1S/C26H41NO5/c1-2-3-4-8-20(29)10-11-22-23-16-21(30)15-19(23)14-18-7-5-9-24(26(18)22)32-17-25(31)27-12-6-13-28/h5,7,9,19-23,28-30H,2-4,6,8,10-17H2,1H3,(H,27,31). The van der Waals surface area contributed by atoms with Crippen molar-refractivity contribution in [1.29, 1.82) is 0 Å². The number of rotatable bonds is 13. The van der Waals surface area contributed by atoms with Gasteiger partial charge in [0.1, 0.15) is 5.75 Å². The summed E-state index contributed by atoms with van der Waals surface area (Å²) < 4.78 is 5.99. The Labute approximate surface area is 192 Å². The first kappa shape index (κ1) is 25.0. The zero-order chi connectivity index (χ0) is 22.9. The van der Waals surface area contributed by atoms with E-state index in [4.69, 9.17) is 9.84 Å². The molecule has 1 saturated carbocycles. The molecule has 0 aromatic heterocycles. The molecule has 2 aliphatic rings. The average molecular weight is 448 g/mol. The molecule has 2 aliphatic carbocycles. The number of amides is 1. The second kappa shape index (κ2) is 12.6. The molecule has 3 rings (SSSR count). The van der Waals surface area contributed by atoms with Crippen molar-refractivity contribution in [3.05, 3.63) is 29.3 Å². The molecule has 0 spiro atoms. The fourth-order valence-electron chi connectivity index (χ4n) is 5.67. The number of benzene rings is 1. The number of carbonyl (C=O) groups excluding carboxylic acids is 1. The van der Waals surface area contributed by atoms with Gasteiger partial charge in [-0.1, -0.05) is 38.3 Å². The van der Waals surface area contributed by atoms with E-state index in [-0.39, 0.29) is 37.2 Å². The summed E-state index contributed by atoms with van der Waals surface area (Å²) in [6, 6.07) is 6.07. The number of ether oxygens (including phenoxy) is 1. The summed E-state index contributed by atoms with van der Waals surface area (Å²) in [6.07, 6.45) is 8.40. The van der Waals surface area contributed by atoms with Crippen molar-refractivity contribution in [2.45, 2.75) is 89.3 Å². The Bertz CT molecular complexity index is 724. The third kappa shape index (κ3) is 6.69. The van der Waals surface area contributed by atoms with E-state index in [1.165, 1.54) is 11.1 Å². The molecule has 6 nitrogen and oxygen atoms in total. The van der Waals surface area contributed by atoms with Crippen LogP contribution in [0.4, 0.5) is 0 Å². The molecule has 0 aliphatic heterocycles. The summed E-state index contributed by atoms with van der Waals surface area (Å²) in [7, 11) is 0. The minimum Gasteiger partial charge on any atom is -0.483 e. The van der Waals surface area contributed by atoms with Crippen molar-refractivity contribution in [3.63, 3.8) is 0 Å². The van der Waals surface area contributed by atoms with Crippen LogP contribution >= 0.6 is 0 Å². The van der Waals surface area contributed by atoms with Crippen LogP contribution < -0.4 is 10.1 Å². The number of carbonyl (C=O) groups is 1. The molecule has 0 radical (unpaired) electrons. The molecule has 1 aromatic rings. The Hall–Kier alpha value is -1.63. The van der Waals surface area contributed by atoms with Gasteiger partial charge in [-0.05, 0) is 74.3 Å². The molecule has 6 heteroatoms. The number of unbranched alkanes of at least 4 members (excludes halogenated alkanes) is 2. The zero-order valence-corrected chi connectivity index (χ0v) is 19.5. The van der Waals surface area contributed by atoms with Gasteiger partial charge in [0.15, 0.2) is 6.61 Å². The minimum atomic E-state index is -0.290. The second-order valence-corrected chi connectivity index (χ2v) is 9.63. The molecular formula is C26H41NO5. The number of fused-ring (bicyclic) bond motifs is 2. The summed E-state index contributed by atoms with van der Waals surface area (Å²) in [5, 5.41) is 32.6. The van der Waals surface area contributed by atoms with E-state index in [0.717, 1.165) is 63.5 Å². The van der Waals surface area contributed by atoms with Gasteiger partial charge < -0.3 is 25.4 Å². The lowest BCUT2D eigenvalue weighted by atomic mass is 9.68. The first-order chi connectivity index (χ1) is 15.5. The largest absolute Gasteiger partial charge is 0.483 e. The van der Waals surface area contributed by atoms with Crippen molar-refractivity contribution >= 4 is 5.91 Å². The summed E-state index contributed by atoms with van der Waals surface area (Å²) in [5.41, 5.74) is 2.43. The van der Waals surface area contributed by atoms with Crippen LogP contribution in [0.3, 0.4) is 0 Å². The van der Waals surface area contributed by atoms with Crippen LogP contribution in [0.1, 0.15) is 81.8 Å². The van der Waals surface area contributed by atoms with E-state index in [2.05, 4.69) is 18.3 Å². The Balaban J connectivity index is 1.71. The number of nitrogens with one attached hydrogen (secondary N) is 1. The third-order valence-electron chi connectivity index (χ3n) is 7.22.